The lowest BCUT2D eigenvalue weighted by Gasteiger charge is -2.06. The van der Waals surface area contributed by atoms with E-state index in [1.807, 2.05) is 0 Å². The minimum absolute atomic E-state index is 0.237. The molecule has 0 radical (unpaired) electrons. The van der Waals surface area contributed by atoms with Crippen LogP contribution in [0.25, 0.3) is 0 Å². The van der Waals surface area contributed by atoms with Gasteiger partial charge in [-0.2, -0.15) is 5.10 Å². The fourth-order valence-electron chi connectivity index (χ4n) is 1.71. The zero-order chi connectivity index (χ0) is 17.5. The van der Waals surface area contributed by atoms with Gasteiger partial charge in [-0.25, -0.2) is 5.43 Å². The smallest absolute Gasteiger partial charge is 0.329 e. The van der Waals surface area contributed by atoms with E-state index in [9.17, 15) is 9.59 Å². The Morgan fingerprint density at radius 1 is 1.12 bits per heavy atom. The average Bonchev–Trinajstić information content (AvgIpc) is 2.58. The molecule has 0 saturated heterocycles. The lowest BCUT2D eigenvalue weighted by Crippen LogP contribution is -2.32. The van der Waals surface area contributed by atoms with E-state index < -0.39 is 11.8 Å². The van der Waals surface area contributed by atoms with Gasteiger partial charge >= 0.3 is 11.8 Å². The molecule has 2 aromatic rings. The highest BCUT2D eigenvalue weighted by molar-refractivity contribution is 6.42. The number of rotatable bonds is 4. The first kappa shape index (κ1) is 17.8. The van der Waals surface area contributed by atoms with E-state index in [0.717, 1.165) is 0 Å². The summed E-state index contributed by atoms with van der Waals surface area (Å²) in [6.45, 7) is 0. The minimum Gasteiger partial charge on any atom is -0.497 e. The summed E-state index contributed by atoms with van der Waals surface area (Å²) >= 11 is 11.7. The molecule has 124 valence electrons. The van der Waals surface area contributed by atoms with Crippen molar-refractivity contribution < 1.29 is 14.3 Å². The molecule has 0 unspecified atom stereocenters. The molecule has 24 heavy (non-hydrogen) atoms. The van der Waals surface area contributed by atoms with Gasteiger partial charge in [0.05, 0.1) is 24.0 Å². The highest BCUT2D eigenvalue weighted by Crippen LogP contribution is 2.25. The normalized spacial score (nSPS) is 10.5. The molecule has 0 heterocycles. The Morgan fingerprint density at radius 3 is 2.67 bits per heavy atom. The maximum absolute atomic E-state index is 11.8. The maximum Gasteiger partial charge on any atom is 0.329 e. The van der Waals surface area contributed by atoms with Gasteiger partial charge in [0.1, 0.15) is 5.75 Å². The summed E-state index contributed by atoms with van der Waals surface area (Å²) in [5.41, 5.74) is 3.06. The van der Waals surface area contributed by atoms with Gasteiger partial charge in [0.15, 0.2) is 0 Å². The number of hydrogen-bond acceptors (Lipinski definition) is 4. The molecule has 0 saturated carbocycles. The predicted molar refractivity (Wildman–Crippen MR) is 93.8 cm³/mol. The average molecular weight is 366 g/mol. The summed E-state index contributed by atoms with van der Waals surface area (Å²) in [5.74, 6) is -1.20. The van der Waals surface area contributed by atoms with Crippen molar-refractivity contribution in [2.75, 3.05) is 12.4 Å². The van der Waals surface area contributed by atoms with E-state index in [1.54, 1.807) is 37.4 Å². The number of benzene rings is 2. The Bertz CT molecular complexity index is 794. The third-order valence-corrected chi connectivity index (χ3v) is 3.42. The third kappa shape index (κ3) is 4.97. The van der Waals surface area contributed by atoms with Crippen molar-refractivity contribution in [3.63, 3.8) is 0 Å². The predicted octanol–water partition coefficient (Wildman–Crippen LogP) is 3.09. The Balaban J connectivity index is 1.95. The first-order chi connectivity index (χ1) is 11.5. The van der Waals surface area contributed by atoms with Crippen LogP contribution < -0.4 is 15.5 Å². The van der Waals surface area contributed by atoms with Crippen molar-refractivity contribution in [2.45, 2.75) is 0 Å². The van der Waals surface area contributed by atoms with E-state index in [4.69, 9.17) is 27.9 Å². The van der Waals surface area contributed by atoms with Gasteiger partial charge in [-0.15, -0.1) is 0 Å². The SMILES string of the molecule is COc1cccc(/C=N\NC(=O)C(=O)Nc2cc(Cl)ccc2Cl)c1. The number of amides is 2. The quantitative estimate of drug-likeness (QED) is 0.496. The Morgan fingerprint density at radius 2 is 1.92 bits per heavy atom. The topological polar surface area (TPSA) is 79.8 Å². The van der Waals surface area contributed by atoms with Crippen LogP contribution >= 0.6 is 23.2 Å². The molecule has 0 atom stereocenters. The van der Waals surface area contributed by atoms with Gasteiger partial charge < -0.3 is 10.1 Å². The second-order valence-corrected chi connectivity index (χ2v) is 5.40. The summed E-state index contributed by atoms with van der Waals surface area (Å²) in [4.78, 5) is 23.5. The number of halogens is 2. The van der Waals surface area contributed by atoms with Crippen LogP contribution in [0.15, 0.2) is 47.6 Å². The first-order valence-corrected chi connectivity index (χ1v) is 7.48. The van der Waals surface area contributed by atoms with Crippen LogP contribution in [-0.4, -0.2) is 25.1 Å². The fourth-order valence-corrected chi connectivity index (χ4v) is 2.05. The van der Waals surface area contributed by atoms with Crippen molar-refractivity contribution >= 4 is 46.9 Å². The number of ether oxygens (including phenoxy) is 1. The molecule has 0 aromatic heterocycles. The Hall–Kier alpha value is -2.57. The highest BCUT2D eigenvalue weighted by atomic mass is 35.5. The molecule has 0 aliphatic rings. The van der Waals surface area contributed by atoms with Gasteiger partial charge in [0.2, 0.25) is 0 Å². The number of anilines is 1. The molecule has 2 N–H and O–H groups in total. The summed E-state index contributed by atoms with van der Waals surface area (Å²) in [6.07, 6.45) is 1.39. The summed E-state index contributed by atoms with van der Waals surface area (Å²) < 4.78 is 5.07. The molecule has 2 rings (SSSR count). The van der Waals surface area contributed by atoms with Crippen LogP contribution in [0.4, 0.5) is 5.69 Å². The van der Waals surface area contributed by atoms with E-state index in [0.29, 0.717) is 16.3 Å². The largest absolute Gasteiger partial charge is 0.497 e. The number of carbonyl (C=O) groups is 2. The van der Waals surface area contributed by atoms with Gasteiger partial charge in [-0.1, -0.05) is 35.3 Å². The van der Waals surface area contributed by atoms with E-state index in [1.165, 1.54) is 18.3 Å². The lowest BCUT2D eigenvalue weighted by molar-refractivity contribution is -0.136. The molecule has 2 amide bonds. The molecule has 2 aromatic carbocycles. The van der Waals surface area contributed by atoms with Gasteiger partial charge in [0, 0.05) is 5.02 Å². The fraction of sp³-hybridized carbons (Fsp3) is 0.0625. The molecule has 0 bridgehead atoms. The summed E-state index contributed by atoms with van der Waals surface area (Å²) in [6, 6.07) is 11.6. The number of carbonyl (C=O) groups excluding carboxylic acids is 2. The number of hydrogen-bond donors (Lipinski definition) is 2. The van der Waals surface area contributed by atoms with Gasteiger partial charge in [-0.05, 0) is 35.9 Å². The first-order valence-electron chi connectivity index (χ1n) is 6.73. The maximum atomic E-state index is 11.8. The van der Waals surface area contributed by atoms with Crippen LogP contribution in [0.2, 0.25) is 10.0 Å². The lowest BCUT2D eigenvalue weighted by atomic mass is 10.2. The van der Waals surface area contributed by atoms with Crippen molar-refractivity contribution in [3.05, 3.63) is 58.1 Å². The molecule has 8 heteroatoms. The van der Waals surface area contributed by atoms with Crippen LogP contribution in [0.3, 0.4) is 0 Å². The molecular formula is C16H13Cl2N3O3. The summed E-state index contributed by atoms with van der Waals surface area (Å²) in [7, 11) is 1.54. The van der Waals surface area contributed by atoms with Crippen LogP contribution in [0, 0.1) is 0 Å². The van der Waals surface area contributed by atoms with Crippen molar-refractivity contribution in [2.24, 2.45) is 5.10 Å². The number of nitrogens with one attached hydrogen (secondary N) is 2. The monoisotopic (exact) mass is 365 g/mol. The zero-order valence-corrected chi connectivity index (χ0v) is 14.1. The molecular weight excluding hydrogens is 353 g/mol. The van der Waals surface area contributed by atoms with Crippen molar-refractivity contribution in [1.82, 2.24) is 5.43 Å². The number of hydrazone groups is 1. The molecule has 6 nitrogen and oxygen atoms in total. The van der Waals surface area contributed by atoms with Crippen molar-refractivity contribution in [3.8, 4) is 5.75 Å². The minimum atomic E-state index is -0.940. The molecule has 0 spiro atoms. The third-order valence-electron chi connectivity index (χ3n) is 2.86. The van der Waals surface area contributed by atoms with E-state index in [2.05, 4.69) is 15.8 Å². The van der Waals surface area contributed by atoms with Crippen LogP contribution in [0.5, 0.6) is 5.75 Å². The van der Waals surface area contributed by atoms with Crippen molar-refractivity contribution in [1.29, 1.82) is 0 Å². The number of nitrogens with zero attached hydrogens (tertiary/aromatic N) is 1. The van der Waals surface area contributed by atoms with Crippen LogP contribution in [-0.2, 0) is 9.59 Å². The molecule has 0 aliphatic heterocycles. The molecule has 0 fully saturated rings. The van der Waals surface area contributed by atoms with E-state index >= 15 is 0 Å². The van der Waals surface area contributed by atoms with Crippen LogP contribution in [0.1, 0.15) is 5.56 Å². The summed E-state index contributed by atoms with van der Waals surface area (Å²) in [5, 5.41) is 6.72. The Kier molecular flexibility index (Phi) is 6.17. The second kappa shape index (κ2) is 8.33. The van der Waals surface area contributed by atoms with Gasteiger partial charge in [0.25, 0.3) is 0 Å². The molecule has 0 aliphatic carbocycles. The highest BCUT2D eigenvalue weighted by Gasteiger charge is 2.14. The number of methoxy groups -OCH3 is 1. The van der Waals surface area contributed by atoms with E-state index in [-0.39, 0.29) is 10.7 Å². The Labute approximate surface area is 148 Å². The zero-order valence-electron chi connectivity index (χ0n) is 12.5. The van der Waals surface area contributed by atoms with Gasteiger partial charge in [-0.3, -0.25) is 9.59 Å². The second-order valence-electron chi connectivity index (χ2n) is 4.55. The standard InChI is InChI=1S/C16H13Cl2N3O3/c1-24-12-4-2-3-10(7-12)9-19-21-16(23)15(22)20-14-8-11(17)5-6-13(14)18/h2-9H,1H3,(H,20,22)(H,21,23)/b19-9-.